The molecule has 0 saturated heterocycles. The highest BCUT2D eigenvalue weighted by Crippen LogP contribution is 2.26. The van der Waals surface area contributed by atoms with Gasteiger partial charge in [-0.1, -0.05) is 44.0 Å². The van der Waals surface area contributed by atoms with Gasteiger partial charge in [-0.25, -0.2) is 8.42 Å². The molecule has 0 atom stereocenters. The first-order chi connectivity index (χ1) is 9.94. The third kappa shape index (κ3) is 4.21. The number of methoxy groups -OCH3 is 1. The zero-order valence-electron chi connectivity index (χ0n) is 11.1. The maximum Gasteiger partial charge on any atom is 0.261 e. The van der Waals surface area contributed by atoms with E-state index in [-0.39, 0.29) is 4.90 Å². The van der Waals surface area contributed by atoms with E-state index in [4.69, 9.17) is 4.74 Å². The lowest BCUT2D eigenvalue weighted by Crippen LogP contribution is -2.13. The topological polar surface area (TPSA) is 55.4 Å². The molecule has 0 fully saturated rings. The Balaban J connectivity index is 2.30. The summed E-state index contributed by atoms with van der Waals surface area (Å²) in [6.45, 7) is 0. The first kappa shape index (κ1) is 16.3. The molecule has 0 amide bonds. The Morgan fingerprint density at radius 1 is 1.14 bits per heavy atom. The number of alkyl halides is 1. The van der Waals surface area contributed by atoms with E-state index >= 15 is 0 Å². The second-order valence-electron chi connectivity index (χ2n) is 4.26. The molecular formula is C14H13Br2NO3S. The SMILES string of the molecule is COc1cc(Br)cc(NS(=O)(=O)c2ccc(CBr)cc2)c1. The van der Waals surface area contributed by atoms with Crippen LogP contribution in [0.4, 0.5) is 5.69 Å². The maximum atomic E-state index is 12.3. The largest absolute Gasteiger partial charge is 0.497 e. The van der Waals surface area contributed by atoms with Gasteiger partial charge in [-0.05, 0) is 29.8 Å². The van der Waals surface area contributed by atoms with Gasteiger partial charge in [-0.3, -0.25) is 4.72 Å². The van der Waals surface area contributed by atoms with Crippen LogP contribution in [0.25, 0.3) is 0 Å². The van der Waals surface area contributed by atoms with Crippen molar-refractivity contribution in [1.29, 1.82) is 0 Å². The average molecular weight is 435 g/mol. The van der Waals surface area contributed by atoms with Gasteiger partial charge in [0.25, 0.3) is 10.0 Å². The van der Waals surface area contributed by atoms with Crippen molar-refractivity contribution in [1.82, 2.24) is 0 Å². The van der Waals surface area contributed by atoms with Crippen LogP contribution in [0.3, 0.4) is 0 Å². The summed E-state index contributed by atoms with van der Waals surface area (Å²) in [4.78, 5) is 0.214. The molecule has 4 nitrogen and oxygen atoms in total. The molecule has 0 spiro atoms. The van der Waals surface area contributed by atoms with E-state index in [1.165, 1.54) is 7.11 Å². The van der Waals surface area contributed by atoms with E-state index in [0.717, 1.165) is 10.0 Å². The molecule has 0 heterocycles. The molecule has 2 aromatic rings. The zero-order valence-corrected chi connectivity index (χ0v) is 15.1. The minimum atomic E-state index is -3.62. The molecule has 1 N–H and O–H groups in total. The van der Waals surface area contributed by atoms with Crippen molar-refractivity contribution >= 4 is 47.6 Å². The van der Waals surface area contributed by atoms with Crippen LogP contribution in [-0.4, -0.2) is 15.5 Å². The van der Waals surface area contributed by atoms with E-state index in [0.29, 0.717) is 16.8 Å². The van der Waals surface area contributed by atoms with Gasteiger partial charge in [0.05, 0.1) is 17.7 Å². The van der Waals surface area contributed by atoms with Crippen LogP contribution in [-0.2, 0) is 15.4 Å². The predicted molar refractivity (Wildman–Crippen MR) is 90.6 cm³/mol. The number of rotatable bonds is 5. The molecule has 0 aliphatic carbocycles. The summed E-state index contributed by atoms with van der Waals surface area (Å²) in [6.07, 6.45) is 0. The number of hydrogen-bond donors (Lipinski definition) is 1. The highest BCUT2D eigenvalue weighted by Gasteiger charge is 2.14. The molecule has 0 aliphatic heterocycles. The standard InChI is InChI=1S/C14H13Br2NO3S/c1-20-13-7-11(16)6-12(8-13)17-21(18,19)14-4-2-10(9-15)3-5-14/h2-8,17H,9H2,1H3. The van der Waals surface area contributed by atoms with Crippen molar-refractivity contribution in [2.24, 2.45) is 0 Å². The van der Waals surface area contributed by atoms with Crippen LogP contribution in [0.15, 0.2) is 51.8 Å². The van der Waals surface area contributed by atoms with Crippen LogP contribution < -0.4 is 9.46 Å². The summed E-state index contributed by atoms with van der Waals surface area (Å²) < 4.78 is 33.1. The highest BCUT2D eigenvalue weighted by atomic mass is 79.9. The van der Waals surface area contributed by atoms with E-state index in [1.807, 2.05) is 0 Å². The lowest BCUT2D eigenvalue weighted by molar-refractivity contribution is 0.415. The number of hydrogen-bond acceptors (Lipinski definition) is 3. The van der Waals surface area contributed by atoms with Crippen molar-refractivity contribution in [3.05, 3.63) is 52.5 Å². The van der Waals surface area contributed by atoms with Gasteiger partial charge in [-0.2, -0.15) is 0 Å². The molecule has 0 saturated carbocycles. The Labute approximate surface area is 140 Å². The highest BCUT2D eigenvalue weighted by molar-refractivity contribution is 9.10. The molecular weight excluding hydrogens is 422 g/mol. The predicted octanol–water partition coefficient (Wildman–Crippen LogP) is 4.15. The second-order valence-corrected chi connectivity index (χ2v) is 7.42. The minimum Gasteiger partial charge on any atom is -0.497 e. The van der Waals surface area contributed by atoms with E-state index < -0.39 is 10.0 Å². The molecule has 21 heavy (non-hydrogen) atoms. The fourth-order valence-corrected chi connectivity index (χ4v) is 3.60. The Morgan fingerprint density at radius 2 is 1.81 bits per heavy atom. The average Bonchev–Trinajstić information content (AvgIpc) is 2.46. The smallest absolute Gasteiger partial charge is 0.261 e. The van der Waals surface area contributed by atoms with Crippen LogP contribution in [0, 0.1) is 0 Å². The van der Waals surface area contributed by atoms with Crippen molar-refractivity contribution in [2.45, 2.75) is 10.2 Å². The molecule has 0 aromatic heterocycles. The number of nitrogens with one attached hydrogen (secondary N) is 1. The third-order valence-electron chi connectivity index (χ3n) is 2.75. The summed E-state index contributed by atoms with van der Waals surface area (Å²) >= 11 is 6.64. The molecule has 7 heteroatoms. The lowest BCUT2D eigenvalue weighted by Gasteiger charge is -2.10. The Kier molecular flexibility index (Phi) is 5.29. The first-order valence-corrected chi connectivity index (χ1v) is 9.36. The third-order valence-corrected chi connectivity index (χ3v) is 5.25. The molecule has 0 unspecified atom stereocenters. The monoisotopic (exact) mass is 433 g/mol. The quantitative estimate of drug-likeness (QED) is 0.719. The van der Waals surface area contributed by atoms with Gasteiger partial charge in [0.2, 0.25) is 0 Å². The number of halogens is 2. The van der Waals surface area contributed by atoms with Gasteiger partial charge < -0.3 is 4.74 Å². The van der Waals surface area contributed by atoms with Gasteiger partial charge >= 0.3 is 0 Å². The summed E-state index contributed by atoms with van der Waals surface area (Å²) in [5, 5.41) is 0.684. The van der Waals surface area contributed by atoms with Gasteiger partial charge in [0.1, 0.15) is 5.75 Å². The van der Waals surface area contributed by atoms with Crippen molar-refractivity contribution < 1.29 is 13.2 Å². The summed E-state index contributed by atoms with van der Waals surface area (Å²) in [6, 6.07) is 11.7. The Bertz CT molecular complexity index is 730. The van der Waals surface area contributed by atoms with Crippen molar-refractivity contribution in [2.75, 3.05) is 11.8 Å². The van der Waals surface area contributed by atoms with E-state index in [1.54, 1.807) is 42.5 Å². The molecule has 0 bridgehead atoms. The van der Waals surface area contributed by atoms with Gasteiger partial charge in [0.15, 0.2) is 0 Å². The summed E-state index contributed by atoms with van der Waals surface area (Å²) in [5.41, 5.74) is 1.45. The van der Waals surface area contributed by atoms with Crippen LogP contribution in [0.5, 0.6) is 5.75 Å². The van der Waals surface area contributed by atoms with Crippen LogP contribution in [0.1, 0.15) is 5.56 Å². The lowest BCUT2D eigenvalue weighted by atomic mass is 10.2. The second kappa shape index (κ2) is 6.81. The van der Waals surface area contributed by atoms with E-state index in [9.17, 15) is 8.42 Å². The minimum absolute atomic E-state index is 0.214. The van der Waals surface area contributed by atoms with Crippen LogP contribution >= 0.6 is 31.9 Å². The van der Waals surface area contributed by atoms with Gasteiger partial charge in [0, 0.05) is 15.9 Å². The number of benzene rings is 2. The molecule has 0 aliphatic rings. The number of sulfonamides is 1. The summed E-state index contributed by atoms with van der Waals surface area (Å²) in [5.74, 6) is 0.566. The fourth-order valence-electron chi connectivity index (χ4n) is 1.71. The Hall–Kier alpha value is -1.05. The van der Waals surface area contributed by atoms with Crippen LogP contribution in [0.2, 0.25) is 0 Å². The van der Waals surface area contributed by atoms with Crippen molar-refractivity contribution in [3.8, 4) is 5.75 Å². The molecule has 2 rings (SSSR count). The fraction of sp³-hybridized carbons (Fsp3) is 0.143. The number of ether oxygens (including phenoxy) is 1. The summed E-state index contributed by atoms with van der Waals surface area (Å²) in [7, 11) is -2.09. The van der Waals surface area contributed by atoms with E-state index in [2.05, 4.69) is 36.6 Å². The first-order valence-electron chi connectivity index (χ1n) is 5.97. The zero-order chi connectivity index (χ0) is 15.5. The maximum absolute atomic E-state index is 12.3. The molecule has 112 valence electrons. The van der Waals surface area contributed by atoms with Gasteiger partial charge in [-0.15, -0.1) is 0 Å². The molecule has 0 radical (unpaired) electrons. The number of anilines is 1. The molecule has 2 aromatic carbocycles. The normalized spacial score (nSPS) is 11.2. The van der Waals surface area contributed by atoms with Crippen molar-refractivity contribution in [3.63, 3.8) is 0 Å². The Morgan fingerprint density at radius 3 is 2.38 bits per heavy atom.